The van der Waals surface area contributed by atoms with Crippen molar-refractivity contribution in [2.45, 2.75) is 37.6 Å². The lowest BCUT2D eigenvalue weighted by Gasteiger charge is -2.18. The highest BCUT2D eigenvalue weighted by molar-refractivity contribution is 6.33. The molecule has 0 spiro atoms. The molecule has 6 heteroatoms. The molecule has 1 N–H and O–H groups in total. The fraction of sp³-hybridized carbons (Fsp3) is 0.667. The smallest absolute Gasteiger partial charge is 0.147 e. The minimum atomic E-state index is 0.0593. The Morgan fingerprint density at radius 3 is 2.48 bits per heavy atom. The number of nitrogens with one attached hydrogen (secondary N) is 1. The van der Waals surface area contributed by atoms with Crippen molar-refractivity contribution < 1.29 is 9.47 Å². The lowest BCUT2D eigenvalue weighted by atomic mass is 10.2. The van der Waals surface area contributed by atoms with Crippen LogP contribution in [0, 0.1) is 0 Å². The Morgan fingerprint density at radius 2 is 1.95 bits per heavy atom. The monoisotopic (exact) mass is 311 g/mol. The Hall–Kier alpha value is -0.880. The molecule has 1 saturated heterocycles. The Balaban J connectivity index is 1.67. The number of ether oxygens (including phenoxy) is 2. The lowest BCUT2D eigenvalue weighted by molar-refractivity contribution is -0.00461. The van der Waals surface area contributed by atoms with Crippen LogP contribution < -0.4 is 10.2 Å². The normalized spacial score (nSPS) is 25.6. The fourth-order valence-electron chi connectivity index (χ4n) is 2.72. The third kappa shape index (κ3) is 3.48. The van der Waals surface area contributed by atoms with Crippen LogP contribution in [-0.2, 0) is 16.0 Å². The highest BCUT2D eigenvalue weighted by atomic mass is 35.5. The highest BCUT2D eigenvalue weighted by Crippen LogP contribution is 2.29. The molecule has 1 aliphatic carbocycles. The largest absolute Gasteiger partial charge is 0.377 e. The zero-order chi connectivity index (χ0) is 14.8. The molecule has 1 aromatic rings. The van der Waals surface area contributed by atoms with Gasteiger partial charge in [-0.2, -0.15) is 0 Å². The highest BCUT2D eigenvalue weighted by Gasteiger charge is 2.34. The van der Waals surface area contributed by atoms with Gasteiger partial charge >= 0.3 is 0 Å². The number of anilines is 1. The minimum absolute atomic E-state index is 0.0593. The standard InChI is InChI=1S/C15H22ClN3O2/c1-20-13-8-19(9-14(13)21-2)15-12(16)5-10(7-18-15)6-17-11-3-4-11/h5,7,11,13-14,17H,3-4,6,8-9H2,1-2H3. The van der Waals surface area contributed by atoms with Crippen LogP contribution in [-0.4, -0.2) is 50.5 Å². The first kappa shape index (κ1) is 15.0. The molecule has 3 rings (SSSR count). The van der Waals surface area contributed by atoms with Crippen molar-refractivity contribution >= 4 is 17.4 Å². The van der Waals surface area contributed by atoms with Crippen LogP contribution in [0.25, 0.3) is 0 Å². The molecule has 2 aliphatic rings. The molecule has 116 valence electrons. The molecule has 0 amide bonds. The van der Waals surface area contributed by atoms with Crippen LogP contribution in [0.1, 0.15) is 18.4 Å². The molecular formula is C15H22ClN3O2. The molecule has 1 saturated carbocycles. The Kier molecular flexibility index (Phi) is 4.64. The maximum absolute atomic E-state index is 6.41. The van der Waals surface area contributed by atoms with Gasteiger partial charge in [0.2, 0.25) is 0 Å². The number of hydrogen-bond acceptors (Lipinski definition) is 5. The van der Waals surface area contributed by atoms with E-state index in [4.69, 9.17) is 21.1 Å². The lowest BCUT2D eigenvalue weighted by Crippen LogP contribution is -2.27. The third-order valence-corrected chi connectivity index (χ3v) is 4.45. The van der Waals surface area contributed by atoms with E-state index in [1.54, 1.807) is 14.2 Å². The van der Waals surface area contributed by atoms with Crippen molar-refractivity contribution in [2.75, 3.05) is 32.2 Å². The molecule has 1 aliphatic heterocycles. The van der Waals surface area contributed by atoms with Gasteiger partial charge in [0.25, 0.3) is 0 Å². The zero-order valence-electron chi connectivity index (χ0n) is 12.5. The number of nitrogens with zero attached hydrogens (tertiary/aromatic N) is 2. The molecule has 0 aromatic carbocycles. The molecule has 2 unspecified atom stereocenters. The van der Waals surface area contributed by atoms with Crippen molar-refractivity contribution in [3.8, 4) is 0 Å². The number of hydrogen-bond donors (Lipinski definition) is 1. The summed E-state index contributed by atoms with van der Waals surface area (Å²) < 4.78 is 10.9. The van der Waals surface area contributed by atoms with Gasteiger partial charge in [-0.1, -0.05) is 11.6 Å². The van der Waals surface area contributed by atoms with Crippen molar-refractivity contribution in [3.05, 3.63) is 22.8 Å². The molecule has 21 heavy (non-hydrogen) atoms. The van der Waals surface area contributed by atoms with E-state index in [1.165, 1.54) is 12.8 Å². The van der Waals surface area contributed by atoms with E-state index in [9.17, 15) is 0 Å². The van der Waals surface area contributed by atoms with E-state index in [0.717, 1.165) is 31.0 Å². The van der Waals surface area contributed by atoms with Gasteiger partial charge in [-0.3, -0.25) is 0 Å². The summed E-state index contributed by atoms with van der Waals surface area (Å²) in [6.07, 6.45) is 4.58. The van der Waals surface area contributed by atoms with Gasteiger partial charge in [0.15, 0.2) is 0 Å². The van der Waals surface area contributed by atoms with Gasteiger partial charge in [0.1, 0.15) is 18.0 Å². The summed E-state index contributed by atoms with van der Waals surface area (Å²) in [5, 5.41) is 4.16. The summed E-state index contributed by atoms with van der Waals surface area (Å²) in [5.74, 6) is 0.813. The van der Waals surface area contributed by atoms with Gasteiger partial charge in [0, 0.05) is 46.1 Å². The first-order chi connectivity index (χ1) is 10.2. The third-order valence-electron chi connectivity index (χ3n) is 4.17. The van der Waals surface area contributed by atoms with Crippen LogP contribution >= 0.6 is 11.6 Å². The van der Waals surface area contributed by atoms with Gasteiger partial charge in [-0.25, -0.2) is 4.98 Å². The van der Waals surface area contributed by atoms with Crippen molar-refractivity contribution in [2.24, 2.45) is 0 Å². The SMILES string of the molecule is COC1CN(c2ncc(CNC3CC3)cc2Cl)CC1OC. The topological polar surface area (TPSA) is 46.6 Å². The summed E-state index contributed by atoms with van der Waals surface area (Å²) in [6.45, 7) is 2.34. The van der Waals surface area contributed by atoms with Crippen molar-refractivity contribution in [1.29, 1.82) is 0 Å². The maximum Gasteiger partial charge on any atom is 0.147 e. The number of pyridine rings is 1. The number of rotatable bonds is 6. The summed E-state index contributed by atoms with van der Waals surface area (Å²) in [4.78, 5) is 6.67. The first-order valence-electron chi connectivity index (χ1n) is 7.39. The summed E-state index contributed by atoms with van der Waals surface area (Å²) in [6, 6.07) is 2.69. The predicted octanol–water partition coefficient (Wildman–Crippen LogP) is 1.84. The van der Waals surface area contributed by atoms with E-state index in [0.29, 0.717) is 11.1 Å². The van der Waals surface area contributed by atoms with Gasteiger partial charge in [-0.15, -0.1) is 0 Å². The van der Waals surface area contributed by atoms with Crippen LogP contribution in [0.5, 0.6) is 0 Å². The Labute approximate surface area is 130 Å². The van der Waals surface area contributed by atoms with Crippen LogP contribution in [0.4, 0.5) is 5.82 Å². The number of aromatic nitrogens is 1. The van der Waals surface area contributed by atoms with E-state index >= 15 is 0 Å². The molecule has 2 heterocycles. The van der Waals surface area contributed by atoms with Crippen molar-refractivity contribution in [1.82, 2.24) is 10.3 Å². The van der Waals surface area contributed by atoms with E-state index < -0.39 is 0 Å². The van der Waals surface area contributed by atoms with Gasteiger partial charge in [0.05, 0.1) is 5.02 Å². The number of methoxy groups -OCH3 is 2. The second-order valence-electron chi connectivity index (χ2n) is 5.76. The second kappa shape index (κ2) is 6.48. The molecule has 2 fully saturated rings. The summed E-state index contributed by atoms with van der Waals surface area (Å²) >= 11 is 6.41. The molecule has 2 atom stereocenters. The minimum Gasteiger partial charge on any atom is -0.377 e. The summed E-state index contributed by atoms with van der Waals surface area (Å²) in [7, 11) is 3.42. The molecular weight excluding hydrogens is 290 g/mol. The maximum atomic E-state index is 6.41. The van der Waals surface area contributed by atoms with Gasteiger partial charge in [-0.05, 0) is 24.5 Å². The predicted molar refractivity (Wildman–Crippen MR) is 82.9 cm³/mol. The average Bonchev–Trinajstić information content (AvgIpc) is 3.23. The molecule has 1 aromatic heterocycles. The van der Waals surface area contributed by atoms with Crippen molar-refractivity contribution in [3.63, 3.8) is 0 Å². The average molecular weight is 312 g/mol. The molecule has 5 nitrogen and oxygen atoms in total. The summed E-state index contributed by atoms with van der Waals surface area (Å²) in [5.41, 5.74) is 1.13. The molecule has 0 bridgehead atoms. The Morgan fingerprint density at radius 1 is 1.29 bits per heavy atom. The van der Waals surface area contributed by atoms with Crippen LogP contribution in [0.2, 0.25) is 5.02 Å². The fourth-order valence-corrected chi connectivity index (χ4v) is 3.03. The van der Waals surface area contributed by atoms with Gasteiger partial charge < -0.3 is 19.7 Å². The van der Waals surface area contributed by atoms with E-state index in [1.807, 2.05) is 12.3 Å². The second-order valence-corrected chi connectivity index (χ2v) is 6.16. The first-order valence-corrected chi connectivity index (χ1v) is 7.77. The Bertz CT molecular complexity index is 484. The van der Waals surface area contributed by atoms with Crippen LogP contribution in [0.3, 0.4) is 0 Å². The zero-order valence-corrected chi connectivity index (χ0v) is 13.3. The van der Waals surface area contributed by atoms with E-state index in [-0.39, 0.29) is 12.2 Å². The quantitative estimate of drug-likeness (QED) is 0.868. The van der Waals surface area contributed by atoms with Crippen LogP contribution in [0.15, 0.2) is 12.3 Å². The van der Waals surface area contributed by atoms with E-state index in [2.05, 4.69) is 15.2 Å². The number of halogens is 1. The molecule has 0 radical (unpaired) electrons.